The van der Waals surface area contributed by atoms with Crippen LogP contribution in [0.2, 0.25) is 0 Å². The number of hydrogen-bond donors (Lipinski definition) is 2. The maximum Gasteiger partial charge on any atom is 0.294 e. The molecule has 0 bridgehead atoms. The minimum absolute atomic E-state index is 0.224. The molecule has 18 nitrogen and oxygen atoms in total. The Kier molecular flexibility index (Phi) is 8.38. The first-order chi connectivity index (χ1) is 20.0. The van der Waals surface area contributed by atoms with Crippen molar-refractivity contribution < 1.29 is 41.0 Å². The normalized spacial score (nSPS) is 19.8. The van der Waals surface area contributed by atoms with Gasteiger partial charge in [0.1, 0.15) is 22.9 Å². The molecule has 3 aliphatic rings. The summed E-state index contributed by atoms with van der Waals surface area (Å²) < 4.78 is 58.2. The van der Waals surface area contributed by atoms with Crippen LogP contribution in [0, 0.1) is 20.2 Å². The molecular weight excluding hydrogens is 602 g/mol. The van der Waals surface area contributed by atoms with Crippen molar-refractivity contribution in [1.29, 1.82) is 0 Å². The van der Waals surface area contributed by atoms with Gasteiger partial charge in [0, 0.05) is 27.7 Å². The van der Waals surface area contributed by atoms with Crippen molar-refractivity contribution in [3.05, 3.63) is 97.8 Å². The van der Waals surface area contributed by atoms with Gasteiger partial charge in [-0.2, -0.15) is 22.0 Å². The second kappa shape index (κ2) is 11.9. The number of amides is 1. The first kappa shape index (κ1) is 29.5. The highest BCUT2D eigenvalue weighted by Gasteiger charge is 2.42. The Morgan fingerprint density at radius 2 is 1.40 bits per heavy atom. The van der Waals surface area contributed by atoms with E-state index in [4.69, 9.17) is 9.47 Å². The van der Waals surface area contributed by atoms with Crippen molar-refractivity contribution >= 4 is 47.7 Å². The number of nitrogens with zero attached hydrogens (tertiary/aromatic N) is 5. The lowest BCUT2D eigenvalue weighted by atomic mass is 10.0. The molecule has 1 aliphatic heterocycles. The van der Waals surface area contributed by atoms with E-state index >= 15 is 0 Å². The molecule has 1 heterocycles. The Balaban J connectivity index is 1.89. The molecule has 0 radical (unpaired) electrons. The highest BCUT2D eigenvalue weighted by molar-refractivity contribution is 7.73. The molecule has 4 rings (SSSR count). The number of hydrazone groups is 1. The maximum absolute atomic E-state index is 13.1. The molecule has 0 fully saturated rings. The zero-order valence-electron chi connectivity index (χ0n) is 21.4. The van der Waals surface area contributed by atoms with Crippen molar-refractivity contribution in [2.24, 2.45) is 5.10 Å². The molecule has 2 atom stereocenters. The van der Waals surface area contributed by atoms with Gasteiger partial charge in [0.2, 0.25) is 26.4 Å². The van der Waals surface area contributed by atoms with Crippen LogP contribution < -0.4 is 10.7 Å². The van der Waals surface area contributed by atoms with Gasteiger partial charge in [-0.3, -0.25) is 30.4 Å². The number of carbonyl (C=O) groups is 1. The summed E-state index contributed by atoms with van der Waals surface area (Å²) in [5.41, 5.74) is 2.52. The molecule has 1 aromatic rings. The number of anilines is 1. The van der Waals surface area contributed by atoms with Gasteiger partial charge in [-0.05, 0) is 24.3 Å². The van der Waals surface area contributed by atoms with E-state index in [1.807, 2.05) is 0 Å². The minimum Gasteiger partial charge on any atom is -0.494 e. The van der Waals surface area contributed by atoms with E-state index in [-0.39, 0.29) is 22.9 Å². The number of ether oxygens (including phenoxy) is 2. The number of rotatable bonds is 8. The fourth-order valence-electron chi connectivity index (χ4n) is 3.94. The zero-order valence-corrected chi connectivity index (χ0v) is 23.0. The molecule has 0 saturated heterocycles. The summed E-state index contributed by atoms with van der Waals surface area (Å²) >= 11 is 0. The highest BCUT2D eigenvalue weighted by atomic mass is 32.2. The summed E-state index contributed by atoms with van der Waals surface area (Å²) in [7, 11) is -3.88. The Labute approximate surface area is 238 Å². The molecule has 2 aliphatic carbocycles. The number of amidine groups is 1. The first-order valence-electron chi connectivity index (χ1n) is 11.4. The zero-order chi connectivity index (χ0) is 30.7. The molecule has 20 heteroatoms. The number of hydrogen-bond acceptors (Lipinski definition) is 15. The van der Waals surface area contributed by atoms with E-state index in [1.165, 1.54) is 0 Å². The molecule has 0 spiro atoms. The third-order valence-corrected chi connectivity index (χ3v) is 7.32. The first-order valence-corrected chi connectivity index (χ1v) is 13.6. The predicted molar refractivity (Wildman–Crippen MR) is 145 cm³/mol. The summed E-state index contributed by atoms with van der Waals surface area (Å²) in [6, 6.07) is 4.56. The van der Waals surface area contributed by atoms with Gasteiger partial charge in [-0.1, -0.05) is 18.2 Å². The molecular formula is C22H19N7O11S2. The van der Waals surface area contributed by atoms with Crippen LogP contribution >= 0.6 is 0 Å². The number of carbonyl (C=O) groups excluding carboxylic acids is 1. The fourth-order valence-corrected chi connectivity index (χ4v) is 5.05. The standard InChI is InChI=1S/C22H19N7O11S2/c1-39-17-8-15(28(31)32)19(41(35)36)10-13(17)26-24-21(22(30)23-12-6-4-3-5-7-12)25-27(26)14-11-20(42(37)38)16(29(33)34)9-18(14)40-2/h3-11,15-16H,1-2H3,(H,23,30)(H,24,25). The Bertz CT molecular complexity index is 1790. The van der Waals surface area contributed by atoms with E-state index in [0.29, 0.717) is 5.69 Å². The molecule has 0 saturated carbocycles. The van der Waals surface area contributed by atoms with Gasteiger partial charge in [0.15, 0.2) is 9.73 Å². The van der Waals surface area contributed by atoms with E-state index in [1.54, 1.807) is 30.3 Å². The second-order valence-corrected chi connectivity index (χ2v) is 10.1. The van der Waals surface area contributed by atoms with E-state index in [2.05, 4.69) is 15.8 Å². The molecule has 1 aromatic carbocycles. The molecule has 1 amide bonds. The van der Waals surface area contributed by atoms with Crippen LogP contribution in [0.4, 0.5) is 5.69 Å². The Hall–Kier alpha value is -5.50. The highest BCUT2D eigenvalue weighted by Crippen LogP contribution is 2.32. The van der Waals surface area contributed by atoms with Crippen molar-refractivity contribution in [3.8, 4) is 0 Å². The van der Waals surface area contributed by atoms with Crippen molar-refractivity contribution in [2.75, 3.05) is 19.5 Å². The number of hydrazine groups is 2. The van der Waals surface area contributed by atoms with Crippen molar-refractivity contribution in [2.45, 2.75) is 12.1 Å². The van der Waals surface area contributed by atoms with Gasteiger partial charge in [0.05, 0.1) is 14.2 Å². The predicted octanol–water partition coefficient (Wildman–Crippen LogP) is -0.775. The smallest absolute Gasteiger partial charge is 0.294 e. The van der Waals surface area contributed by atoms with Crippen molar-refractivity contribution in [1.82, 2.24) is 15.7 Å². The van der Waals surface area contributed by atoms with Crippen LogP contribution in [-0.4, -0.2) is 84.7 Å². The quantitative estimate of drug-likeness (QED) is 0.206. The monoisotopic (exact) mass is 621 g/mol. The molecule has 220 valence electrons. The van der Waals surface area contributed by atoms with Gasteiger partial charge >= 0.3 is 0 Å². The van der Waals surface area contributed by atoms with Crippen LogP contribution in [-0.2, 0) is 34.9 Å². The van der Waals surface area contributed by atoms with E-state index in [9.17, 15) is 41.9 Å². The van der Waals surface area contributed by atoms with E-state index < -0.39 is 64.0 Å². The average molecular weight is 622 g/mol. The third kappa shape index (κ3) is 5.69. The minimum atomic E-state index is -3.09. The lowest BCUT2D eigenvalue weighted by Crippen LogP contribution is -2.48. The number of para-hydroxylation sites is 1. The summed E-state index contributed by atoms with van der Waals surface area (Å²) in [5.74, 6) is -1.71. The summed E-state index contributed by atoms with van der Waals surface area (Å²) in [6.45, 7) is 0. The van der Waals surface area contributed by atoms with Gasteiger partial charge in [-0.25, -0.2) is 0 Å². The van der Waals surface area contributed by atoms with Gasteiger partial charge < -0.3 is 14.8 Å². The third-order valence-electron chi connectivity index (χ3n) is 5.83. The molecule has 2 N–H and O–H groups in total. The summed E-state index contributed by atoms with van der Waals surface area (Å²) in [6.07, 6.45) is 3.56. The fraction of sp³-hybridized carbons (Fsp3) is 0.182. The molecule has 42 heavy (non-hydrogen) atoms. The number of nitro groups is 2. The van der Waals surface area contributed by atoms with Gasteiger partial charge in [0.25, 0.3) is 18.0 Å². The van der Waals surface area contributed by atoms with Crippen LogP contribution in [0.5, 0.6) is 0 Å². The topological polar surface area (TPSA) is 233 Å². The van der Waals surface area contributed by atoms with Gasteiger partial charge in [-0.15, -0.1) is 10.2 Å². The van der Waals surface area contributed by atoms with Crippen LogP contribution in [0.3, 0.4) is 0 Å². The van der Waals surface area contributed by atoms with Crippen LogP contribution in [0.15, 0.2) is 82.6 Å². The lowest BCUT2D eigenvalue weighted by Gasteiger charge is -2.33. The SMILES string of the molecule is COC1=CC([N+](=O)[O-])C(=S(=O)=O)C=C1N1N=C(C(=O)Nc2ccccc2)NN1C1=CC(=S(=O)=O)C([N+](=O)[O-])C=C1OC. The summed E-state index contributed by atoms with van der Waals surface area (Å²) in [4.78, 5) is 33.2. The van der Waals surface area contributed by atoms with E-state index in [0.717, 1.165) is 48.8 Å². The van der Waals surface area contributed by atoms with Crippen molar-refractivity contribution in [3.63, 3.8) is 0 Å². The maximum atomic E-state index is 13.1. The Morgan fingerprint density at radius 1 is 0.905 bits per heavy atom. The second-order valence-electron chi connectivity index (χ2n) is 8.25. The average Bonchev–Trinajstić information content (AvgIpc) is 3.41. The van der Waals surface area contributed by atoms with Crippen LogP contribution in [0.1, 0.15) is 0 Å². The number of methoxy groups -OCH3 is 2. The number of benzene rings is 1. The number of nitrogens with one attached hydrogen (secondary N) is 2. The Morgan fingerprint density at radius 3 is 1.88 bits per heavy atom. The van der Waals surface area contributed by atoms with Crippen LogP contribution in [0.25, 0.3) is 0 Å². The molecule has 0 aromatic heterocycles. The summed E-state index contributed by atoms with van der Waals surface area (Å²) in [5, 5.41) is 31.7. The largest absolute Gasteiger partial charge is 0.494 e. The molecule has 2 unspecified atom stereocenters. The lowest BCUT2D eigenvalue weighted by molar-refractivity contribution is -0.490.